The van der Waals surface area contributed by atoms with Crippen LogP contribution in [0.25, 0.3) is 0 Å². The molecule has 4 nitrogen and oxygen atoms in total. The molecule has 1 heterocycles. The highest BCUT2D eigenvalue weighted by molar-refractivity contribution is 5.75. The van der Waals surface area contributed by atoms with Crippen LogP contribution >= 0.6 is 0 Å². The Morgan fingerprint density at radius 2 is 2.50 bits per heavy atom. The molecule has 1 rings (SSSR count). The Kier molecular flexibility index (Phi) is 4.07. The van der Waals surface area contributed by atoms with Gasteiger partial charge in [0.1, 0.15) is 5.75 Å². The van der Waals surface area contributed by atoms with Crippen molar-refractivity contribution in [3.05, 3.63) is 24.5 Å². The van der Waals surface area contributed by atoms with E-state index in [1.165, 1.54) is 6.20 Å². The number of hydrogen-bond donors (Lipinski definition) is 1. The van der Waals surface area contributed by atoms with Crippen molar-refractivity contribution in [2.75, 3.05) is 6.54 Å². The molecule has 0 aliphatic heterocycles. The first-order valence-corrected chi connectivity index (χ1v) is 4.59. The molecule has 0 saturated carbocycles. The van der Waals surface area contributed by atoms with Gasteiger partial charge in [0, 0.05) is 12.7 Å². The van der Waals surface area contributed by atoms with E-state index in [1.807, 2.05) is 6.92 Å². The van der Waals surface area contributed by atoms with Crippen LogP contribution in [0, 0.1) is 5.92 Å². The highest BCUT2D eigenvalue weighted by Gasteiger charge is 2.16. The number of aromatic nitrogens is 1. The van der Waals surface area contributed by atoms with E-state index in [0.29, 0.717) is 18.7 Å². The number of pyridine rings is 1. The van der Waals surface area contributed by atoms with Gasteiger partial charge in [0.25, 0.3) is 0 Å². The van der Waals surface area contributed by atoms with E-state index >= 15 is 0 Å². The number of esters is 1. The van der Waals surface area contributed by atoms with Crippen LogP contribution in [0.5, 0.6) is 5.75 Å². The fourth-order valence-corrected chi connectivity index (χ4v) is 1.04. The molecule has 0 aliphatic rings. The van der Waals surface area contributed by atoms with E-state index < -0.39 is 0 Å². The van der Waals surface area contributed by atoms with E-state index in [9.17, 15) is 4.79 Å². The molecule has 0 radical (unpaired) electrons. The number of carbonyl (C=O) groups excluding carboxylic acids is 1. The summed E-state index contributed by atoms with van der Waals surface area (Å²) in [6.07, 6.45) is 3.81. The molecule has 0 saturated heterocycles. The number of ether oxygens (including phenoxy) is 1. The van der Waals surface area contributed by atoms with Gasteiger partial charge in [-0.3, -0.25) is 9.78 Å². The molecule has 0 aromatic carbocycles. The Hall–Kier alpha value is -1.42. The van der Waals surface area contributed by atoms with E-state index in [-0.39, 0.29) is 11.9 Å². The molecule has 0 fully saturated rings. The molecular weight excluding hydrogens is 180 g/mol. The minimum Gasteiger partial charge on any atom is -0.425 e. The van der Waals surface area contributed by atoms with E-state index in [4.69, 9.17) is 10.5 Å². The lowest BCUT2D eigenvalue weighted by molar-refractivity contribution is -0.138. The summed E-state index contributed by atoms with van der Waals surface area (Å²) in [6.45, 7) is 2.22. The number of nitrogens with zero attached hydrogens (tertiary/aromatic N) is 1. The summed E-state index contributed by atoms with van der Waals surface area (Å²) in [5.41, 5.74) is 5.42. The highest BCUT2D eigenvalue weighted by atomic mass is 16.5. The lowest BCUT2D eigenvalue weighted by Gasteiger charge is -2.10. The fraction of sp³-hybridized carbons (Fsp3) is 0.400. The van der Waals surface area contributed by atoms with Crippen molar-refractivity contribution in [3.8, 4) is 5.75 Å². The molecule has 4 heteroatoms. The molecule has 14 heavy (non-hydrogen) atoms. The molecular formula is C10H14N2O2. The predicted molar refractivity (Wildman–Crippen MR) is 52.7 cm³/mol. The average Bonchev–Trinajstić information content (AvgIpc) is 2.21. The molecule has 0 bridgehead atoms. The second-order valence-electron chi connectivity index (χ2n) is 2.95. The molecule has 0 aliphatic carbocycles. The van der Waals surface area contributed by atoms with Gasteiger partial charge in [0.15, 0.2) is 0 Å². The van der Waals surface area contributed by atoms with Crippen molar-refractivity contribution < 1.29 is 9.53 Å². The largest absolute Gasteiger partial charge is 0.425 e. The Bertz CT molecular complexity index is 283. The molecule has 0 spiro atoms. The molecule has 76 valence electrons. The second-order valence-corrected chi connectivity index (χ2v) is 2.95. The SMILES string of the molecule is CC[C@H](CN)C(=O)Oc1cccnc1. The summed E-state index contributed by atoms with van der Waals surface area (Å²) in [4.78, 5) is 15.3. The van der Waals surface area contributed by atoms with Gasteiger partial charge in [-0.25, -0.2) is 0 Å². The second kappa shape index (κ2) is 5.34. The molecule has 1 aromatic rings. The van der Waals surface area contributed by atoms with Gasteiger partial charge < -0.3 is 10.5 Å². The minimum atomic E-state index is -0.289. The maximum absolute atomic E-state index is 11.4. The van der Waals surface area contributed by atoms with Crippen molar-refractivity contribution >= 4 is 5.97 Å². The molecule has 2 N–H and O–H groups in total. The molecule has 1 atom stereocenters. The van der Waals surface area contributed by atoms with E-state index in [1.54, 1.807) is 18.3 Å². The van der Waals surface area contributed by atoms with Crippen LogP contribution in [0.4, 0.5) is 0 Å². The Morgan fingerprint density at radius 3 is 3.00 bits per heavy atom. The van der Waals surface area contributed by atoms with Gasteiger partial charge in [0.2, 0.25) is 0 Å². The third-order valence-corrected chi connectivity index (χ3v) is 1.96. The Morgan fingerprint density at radius 1 is 1.71 bits per heavy atom. The number of nitrogens with two attached hydrogens (primary N) is 1. The smallest absolute Gasteiger partial charge is 0.315 e. The summed E-state index contributed by atoms with van der Waals surface area (Å²) in [5.74, 6) is -0.0531. The summed E-state index contributed by atoms with van der Waals surface area (Å²) in [7, 11) is 0. The Labute approximate surface area is 83.1 Å². The Balaban J connectivity index is 2.57. The quantitative estimate of drug-likeness (QED) is 0.725. The summed E-state index contributed by atoms with van der Waals surface area (Å²) < 4.78 is 5.08. The van der Waals surface area contributed by atoms with Crippen molar-refractivity contribution in [3.63, 3.8) is 0 Å². The number of carbonyl (C=O) groups is 1. The molecule has 0 unspecified atom stereocenters. The number of rotatable bonds is 4. The van der Waals surface area contributed by atoms with E-state index in [0.717, 1.165) is 0 Å². The predicted octanol–water partition coefficient (Wildman–Crippen LogP) is 0.972. The van der Waals surface area contributed by atoms with Gasteiger partial charge in [0.05, 0.1) is 12.1 Å². The van der Waals surface area contributed by atoms with Crippen LogP contribution in [0.3, 0.4) is 0 Å². The zero-order valence-corrected chi connectivity index (χ0v) is 8.14. The van der Waals surface area contributed by atoms with Crippen molar-refractivity contribution in [1.29, 1.82) is 0 Å². The monoisotopic (exact) mass is 194 g/mol. The summed E-state index contributed by atoms with van der Waals surface area (Å²) >= 11 is 0. The first kappa shape index (κ1) is 10.7. The van der Waals surface area contributed by atoms with Gasteiger partial charge in [-0.05, 0) is 18.6 Å². The highest BCUT2D eigenvalue weighted by Crippen LogP contribution is 2.10. The van der Waals surface area contributed by atoms with Crippen molar-refractivity contribution in [2.24, 2.45) is 11.7 Å². The van der Waals surface area contributed by atoms with Crippen LogP contribution in [0.15, 0.2) is 24.5 Å². The standard InChI is InChI=1S/C10H14N2O2/c1-2-8(6-11)10(13)14-9-4-3-5-12-7-9/h3-5,7-8H,2,6,11H2,1H3/t8-/m1/s1. The zero-order chi connectivity index (χ0) is 10.4. The van der Waals surface area contributed by atoms with Gasteiger partial charge >= 0.3 is 5.97 Å². The lowest BCUT2D eigenvalue weighted by Crippen LogP contribution is -2.27. The topological polar surface area (TPSA) is 65.2 Å². The summed E-state index contributed by atoms with van der Waals surface area (Å²) in [5, 5.41) is 0. The normalized spacial score (nSPS) is 12.1. The van der Waals surface area contributed by atoms with Crippen LogP contribution in [-0.4, -0.2) is 17.5 Å². The maximum Gasteiger partial charge on any atom is 0.315 e. The number of hydrogen-bond acceptors (Lipinski definition) is 4. The van der Waals surface area contributed by atoms with Crippen LogP contribution < -0.4 is 10.5 Å². The maximum atomic E-state index is 11.4. The zero-order valence-electron chi connectivity index (χ0n) is 8.14. The first-order chi connectivity index (χ1) is 6.77. The molecule has 1 aromatic heterocycles. The average molecular weight is 194 g/mol. The lowest BCUT2D eigenvalue weighted by atomic mass is 10.1. The molecule has 0 amide bonds. The third-order valence-electron chi connectivity index (χ3n) is 1.96. The first-order valence-electron chi connectivity index (χ1n) is 4.59. The van der Waals surface area contributed by atoms with Crippen molar-refractivity contribution in [2.45, 2.75) is 13.3 Å². The van der Waals surface area contributed by atoms with Crippen LogP contribution in [-0.2, 0) is 4.79 Å². The van der Waals surface area contributed by atoms with Crippen LogP contribution in [0.1, 0.15) is 13.3 Å². The van der Waals surface area contributed by atoms with Crippen molar-refractivity contribution in [1.82, 2.24) is 4.98 Å². The van der Waals surface area contributed by atoms with Crippen LogP contribution in [0.2, 0.25) is 0 Å². The minimum absolute atomic E-state index is 0.227. The third kappa shape index (κ3) is 2.81. The fourth-order valence-electron chi connectivity index (χ4n) is 1.04. The van der Waals surface area contributed by atoms with Gasteiger partial charge in [-0.15, -0.1) is 0 Å². The van der Waals surface area contributed by atoms with E-state index in [2.05, 4.69) is 4.98 Å². The van der Waals surface area contributed by atoms with Gasteiger partial charge in [-0.1, -0.05) is 6.92 Å². The van der Waals surface area contributed by atoms with Gasteiger partial charge in [-0.2, -0.15) is 0 Å². The summed E-state index contributed by atoms with van der Waals surface area (Å²) in [6, 6.07) is 3.40.